The molecule has 0 saturated carbocycles. The Morgan fingerprint density at radius 3 is 2.15 bits per heavy atom. The zero-order valence-corrected chi connectivity index (χ0v) is 14.7. The van der Waals surface area contributed by atoms with Crippen molar-refractivity contribution >= 4 is 40.5 Å². The molecule has 2 N–H and O–H groups in total. The van der Waals surface area contributed by atoms with E-state index in [2.05, 4.69) is 11.4 Å². The number of para-hydroxylation sites is 2. The van der Waals surface area contributed by atoms with Gasteiger partial charge >= 0.3 is 29.6 Å². The van der Waals surface area contributed by atoms with Crippen LogP contribution in [0.5, 0.6) is 0 Å². The molecule has 2 rings (SSSR count). The monoisotopic (exact) mass is 319 g/mol. The summed E-state index contributed by atoms with van der Waals surface area (Å²) in [5, 5.41) is 11.7. The van der Waals surface area contributed by atoms with Crippen molar-refractivity contribution in [1.29, 1.82) is 0 Å². The maximum absolute atomic E-state index is 9.00. The minimum atomic E-state index is -0.833. The van der Waals surface area contributed by atoms with Crippen LogP contribution in [0.3, 0.4) is 0 Å². The van der Waals surface area contributed by atoms with Crippen molar-refractivity contribution in [3.05, 3.63) is 58.6 Å². The molecule has 100 valence electrons. The minimum absolute atomic E-state index is 0. The molecule has 20 heavy (non-hydrogen) atoms. The van der Waals surface area contributed by atoms with E-state index in [1.807, 2.05) is 30.3 Å². The molecule has 0 amide bonds. The SMILES string of the molecule is CC(=O)O.Clc1cccc(Cl)c1Nc1[c-]cccc1.[Na+]. The fourth-order valence-electron chi connectivity index (χ4n) is 1.22. The molecule has 0 aliphatic heterocycles. The van der Waals surface area contributed by atoms with Crippen LogP contribution in [0.4, 0.5) is 11.4 Å². The van der Waals surface area contributed by atoms with E-state index in [0.29, 0.717) is 15.7 Å². The van der Waals surface area contributed by atoms with Gasteiger partial charge in [-0.3, -0.25) is 4.79 Å². The average Bonchev–Trinajstić information content (AvgIpc) is 2.35. The van der Waals surface area contributed by atoms with Crippen LogP contribution in [0, 0.1) is 6.07 Å². The third kappa shape index (κ3) is 7.17. The first-order chi connectivity index (χ1) is 9.00. The topological polar surface area (TPSA) is 49.3 Å². The van der Waals surface area contributed by atoms with E-state index in [1.165, 1.54) is 0 Å². The largest absolute Gasteiger partial charge is 1.00 e. The number of carboxylic acids is 1. The zero-order valence-electron chi connectivity index (χ0n) is 11.2. The number of hydrogen-bond donors (Lipinski definition) is 2. The van der Waals surface area contributed by atoms with Crippen molar-refractivity contribution in [1.82, 2.24) is 0 Å². The second-order valence-electron chi connectivity index (χ2n) is 3.52. The quantitative estimate of drug-likeness (QED) is 0.653. The third-order valence-electron chi connectivity index (χ3n) is 1.93. The van der Waals surface area contributed by atoms with Crippen LogP contribution in [0.25, 0.3) is 0 Å². The van der Waals surface area contributed by atoms with E-state index < -0.39 is 5.97 Å². The first-order valence-corrected chi connectivity index (χ1v) is 6.13. The van der Waals surface area contributed by atoms with Crippen molar-refractivity contribution in [2.75, 3.05) is 5.32 Å². The van der Waals surface area contributed by atoms with Crippen LogP contribution >= 0.6 is 23.2 Å². The van der Waals surface area contributed by atoms with Gasteiger partial charge in [-0.25, -0.2) is 0 Å². The van der Waals surface area contributed by atoms with Gasteiger partial charge in [-0.1, -0.05) is 35.0 Å². The molecule has 0 heterocycles. The molecule has 0 aliphatic carbocycles. The smallest absolute Gasteiger partial charge is 0.481 e. The van der Waals surface area contributed by atoms with Gasteiger partial charge in [0, 0.05) is 6.92 Å². The van der Waals surface area contributed by atoms with E-state index in [1.54, 1.807) is 12.1 Å². The van der Waals surface area contributed by atoms with E-state index in [9.17, 15) is 0 Å². The number of anilines is 2. The number of rotatable bonds is 2. The van der Waals surface area contributed by atoms with Gasteiger partial charge in [0.2, 0.25) is 0 Å². The molecule has 2 aromatic carbocycles. The zero-order chi connectivity index (χ0) is 14.3. The normalized spacial score (nSPS) is 8.75. The summed E-state index contributed by atoms with van der Waals surface area (Å²) >= 11 is 12.0. The van der Waals surface area contributed by atoms with Crippen LogP contribution in [0.1, 0.15) is 6.92 Å². The molecular weight excluding hydrogens is 308 g/mol. The summed E-state index contributed by atoms with van der Waals surface area (Å²) in [4.78, 5) is 9.00. The van der Waals surface area contributed by atoms with Crippen LogP contribution in [0.15, 0.2) is 42.5 Å². The molecule has 0 fully saturated rings. The van der Waals surface area contributed by atoms with Crippen LogP contribution in [-0.4, -0.2) is 11.1 Å². The maximum Gasteiger partial charge on any atom is 1.00 e. The Bertz CT molecular complexity index is 526. The van der Waals surface area contributed by atoms with Gasteiger partial charge in [-0.05, 0) is 12.1 Å². The molecular formula is C14H12Cl2NNaO2. The summed E-state index contributed by atoms with van der Waals surface area (Å²) in [6, 6.07) is 16.0. The minimum Gasteiger partial charge on any atom is -0.481 e. The molecule has 0 spiro atoms. The average molecular weight is 320 g/mol. The molecule has 6 heteroatoms. The summed E-state index contributed by atoms with van der Waals surface area (Å²) in [7, 11) is 0. The Morgan fingerprint density at radius 1 is 1.15 bits per heavy atom. The Kier molecular flexibility index (Phi) is 9.72. The van der Waals surface area contributed by atoms with Crippen LogP contribution in [-0.2, 0) is 4.79 Å². The van der Waals surface area contributed by atoms with E-state index in [0.717, 1.165) is 12.6 Å². The molecule has 3 nitrogen and oxygen atoms in total. The van der Waals surface area contributed by atoms with Gasteiger partial charge in [0.1, 0.15) is 0 Å². The number of benzene rings is 2. The van der Waals surface area contributed by atoms with E-state index >= 15 is 0 Å². The summed E-state index contributed by atoms with van der Waals surface area (Å²) in [6.07, 6.45) is 0. The number of nitrogens with one attached hydrogen (secondary N) is 1. The van der Waals surface area contributed by atoms with Crippen molar-refractivity contribution in [3.63, 3.8) is 0 Å². The molecule has 0 saturated heterocycles. The standard InChI is InChI=1S/C12H8Cl2N.C2H4O2.Na/c13-10-7-4-8-11(14)12(10)15-9-5-2-1-3-6-9;1-2(3)4;/h1-5,7-8,15H;1H3,(H,3,4);/q-1;;+1. The summed E-state index contributed by atoms with van der Waals surface area (Å²) in [5.41, 5.74) is 1.55. The Balaban J connectivity index is 0.000000644. The molecule has 0 bridgehead atoms. The third-order valence-corrected chi connectivity index (χ3v) is 2.56. The Hall–Kier alpha value is -0.710. The van der Waals surface area contributed by atoms with Gasteiger partial charge in [-0.15, -0.1) is 6.07 Å². The number of aliphatic carboxylic acids is 1. The maximum atomic E-state index is 9.00. The predicted molar refractivity (Wildman–Crippen MR) is 78.3 cm³/mol. The van der Waals surface area contributed by atoms with Crippen molar-refractivity contribution in [3.8, 4) is 0 Å². The molecule has 0 unspecified atom stereocenters. The number of hydrogen-bond acceptors (Lipinski definition) is 2. The predicted octanol–water partition coefficient (Wildman–Crippen LogP) is 1.63. The van der Waals surface area contributed by atoms with Gasteiger partial charge < -0.3 is 10.4 Å². The summed E-state index contributed by atoms with van der Waals surface area (Å²) < 4.78 is 0. The molecule has 2 aromatic rings. The Labute approximate surface area is 150 Å². The van der Waals surface area contributed by atoms with Gasteiger partial charge in [0.25, 0.3) is 5.97 Å². The van der Waals surface area contributed by atoms with Crippen molar-refractivity contribution in [2.24, 2.45) is 0 Å². The molecule has 0 aromatic heterocycles. The van der Waals surface area contributed by atoms with Crippen molar-refractivity contribution in [2.45, 2.75) is 6.92 Å². The van der Waals surface area contributed by atoms with Gasteiger partial charge in [0.15, 0.2) is 0 Å². The van der Waals surface area contributed by atoms with Gasteiger partial charge in [0.05, 0.1) is 15.7 Å². The first kappa shape index (κ1) is 19.3. The Morgan fingerprint density at radius 2 is 1.70 bits per heavy atom. The summed E-state index contributed by atoms with van der Waals surface area (Å²) in [6.45, 7) is 1.08. The van der Waals surface area contributed by atoms with Crippen molar-refractivity contribution < 1.29 is 39.5 Å². The second-order valence-corrected chi connectivity index (χ2v) is 4.33. The first-order valence-electron chi connectivity index (χ1n) is 5.38. The number of halogens is 2. The number of carboxylic acid groups (broad SMARTS) is 1. The van der Waals surface area contributed by atoms with Gasteiger partial charge in [-0.2, -0.15) is 24.3 Å². The van der Waals surface area contributed by atoms with E-state index in [4.69, 9.17) is 33.1 Å². The summed E-state index contributed by atoms with van der Waals surface area (Å²) in [5.74, 6) is -0.833. The van der Waals surface area contributed by atoms with E-state index in [-0.39, 0.29) is 29.6 Å². The second kappa shape index (κ2) is 10.1. The molecule has 0 radical (unpaired) electrons. The van der Waals surface area contributed by atoms with Crippen LogP contribution < -0.4 is 34.9 Å². The fraction of sp³-hybridized carbons (Fsp3) is 0.0714. The molecule has 0 aliphatic rings. The van der Waals surface area contributed by atoms with Crippen LogP contribution in [0.2, 0.25) is 10.0 Å². The number of carbonyl (C=O) groups is 1. The fourth-order valence-corrected chi connectivity index (χ4v) is 1.71. The molecule has 0 atom stereocenters.